The van der Waals surface area contributed by atoms with Gasteiger partial charge in [0.2, 0.25) is 10.0 Å². The normalized spacial score (nSPS) is 10.9. The number of sulfonamides is 1. The second-order valence-corrected chi connectivity index (χ2v) is 6.04. The Kier molecular flexibility index (Phi) is 4.12. The maximum atomic E-state index is 11.8. The molecule has 0 fully saturated rings. The fraction of sp³-hybridized carbons (Fsp3) is 0.0714. The molecule has 0 heterocycles. The molecule has 0 bridgehead atoms. The average molecular weight is 303 g/mol. The smallest absolute Gasteiger partial charge is 0.240 e. The van der Waals surface area contributed by atoms with E-state index in [1.165, 1.54) is 25.2 Å². The summed E-state index contributed by atoms with van der Waals surface area (Å²) in [6.45, 7) is 0. The summed E-state index contributed by atoms with van der Waals surface area (Å²) in [5, 5.41) is 8.85. The van der Waals surface area contributed by atoms with Crippen molar-refractivity contribution in [2.75, 3.05) is 12.8 Å². The van der Waals surface area contributed by atoms with Crippen LogP contribution in [0.5, 0.6) is 11.5 Å². The molecule has 0 atom stereocenters. The lowest BCUT2D eigenvalue weighted by Crippen LogP contribution is -2.18. The molecule has 0 saturated heterocycles. The van der Waals surface area contributed by atoms with Crippen LogP contribution in [0.1, 0.15) is 5.56 Å². The van der Waals surface area contributed by atoms with Crippen molar-refractivity contribution >= 4 is 15.7 Å². The summed E-state index contributed by atoms with van der Waals surface area (Å²) in [6, 6.07) is 12.7. The number of nitrogen functional groups attached to an aromatic ring is 1. The molecule has 0 amide bonds. The van der Waals surface area contributed by atoms with Crippen molar-refractivity contribution < 1.29 is 13.2 Å². The van der Waals surface area contributed by atoms with Crippen molar-refractivity contribution in [2.24, 2.45) is 0 Å². The monoisotopic (exact) mass is 303 g/mol. The third-order valence-corrected chi connectivity index (χ3v) is 4.17. The summed E-state index contributed by atoms with van der Waals surface area (Å²) in [7, 11) is -2.26. The predicted molar refractivity (Wildman–Crippen MR) is 78.3 cm³/mol. The van der Waals surface area contributed by atoms with E-state index in [4.69, 9.17) is 15.7 Å². The first-order chi connectivity index (χ1) is 9.96. The molecule has 0 aliphatic heterocycles. The minimum atomic E-state index is -3.58. The number of nitrogens with one attached hydrogen (secondary N) is 1. The first-order valence-corrected chi connectivity index (χ1v) is 7.45. The van der Waals surface area contributed by atoms with Gasteiger partial charge in [-0.3, -0.25) is 0 Å². The fourth-order valence-electron chi connectivity index (χ4n) is 1.64. The zero-order valence-electron chi connectivity index (χ0n) is 11.2. The van der Waals surface area contributed by atoms with E-state index in [0.717, 1.165) is 0 Å². The molecule has 0 aliphatic rings. The third-order valence-electron chi connectivity index (χ3n) is 2.76. The van der Waals surface area contributed by atoms with Gasteiger partial charge in [-0.25, -0.2) is 13.1 Å². The van der Waals surface area contributed by atoms with Crippen LogP contribution < -0.4 is 15.2 Å². The van der Waals surface area contributed by atoms with Crippen molar-refractivity contribution in [3.8, 4) is 17.6 Å². The van der Waals surface area contributed by atoms with Crippen molar-refractivity contribution in [1.82, 2.24) is 4.72 Å². The number of anilines is 1. The molecule has 0 aliphatic carbocycles. The fourth-order valence-corrected chi connectivity index (χ4v) is 2.39. The highest BCUT2D eigenvalue weighted by molar-refractivity contribution is 7.89. The number of hydrogen-bond donors (Lipinski definition) is 2. The second-order valence-electron chi connectivity index (χ2n) is 4.15. The van der Waals surface area contributed by atoms with E-state index >= 15 is 0 Å². The standard InChI is InChI=1S/C14H13N3O3S/c1-17-21(18,19)12-5-6-13(16)14(8-12)20-11-4-2-3-10(7-11)9-15/h2-8,17H,16H2,1H3. The van der Waals surface area contributed by atoms with Crippen LogP contribution >= 0.6 is 0 Å². The highest BCUT2D eigenvalue weighted by Crippen LogP contribution is 2.30. The zero-order chi connectivity index (χ0) is 15.5. The molecule has 0 radical (unpaired) electrons. The Morgan fingerprint density at radius 2 is 2.00 bits per heavy atom. The topological polar surface area (TPSA) is 105 Å². The first-order valence-electron chi connectivity index (χ1n) is 5.97. The SMILES string of the molecule is CNS(=O)(=O)c1ccc(N)c(Oc2cccc(C#N)c2)c1. The van der Waals surface area contributed by atoms with Crippen LogP contribution in [-0.4, -0.2) is 15.5 Å². The van der Waals surface area contributed by atoms with E-state index in [-0.39, 0.29) is 10.6 Å². The Balaban J connectivity index is 2.40. The van der Waals surface area contributed by atoms with Gasteiger partial charge >= 0.3 is 0 Å². The van der Waals surface area contributed by atoms with Gasteiger partial charge in [-0.2, -0.15) is 5.26 Å². The van der Waals surface area contributed by atoms with E-state index in [9.17, 15) is 8.42 Å². The molecule has 0 unspecified atom stereocenters. The highest BCUT2D eigenvalue weighted by Gasteiger charge is 2.14. The minimum absolute atomic E-state index is 0.0469. The van der Waals surface area contributed by atoms with Crippen LogP contribution in [0.15, 0.2) is 47.4 Å². The van der Waals surface area contributed by atoms with Gasteiger partial charge in [0, 0.05) is 6.07 Å². The molecule has 2 rings (SSSR count). The first kappa shape index (κ1) is 14.8. The van der Waals surface area contributed by atoms with Gasteiger partial charge < -0.3 is 10.5 Å². The van der Waals surface area contributed by atoms with Gasteiger partial charge in [-0.05, 0) is 37.4 Å². The Bertz CT molecular complexity index is 810. The van der Waals surface area contributed by atoms with Crippen LogP contribution in [0.3, 0.4) is 0 Å². The van der Waals surface area contributed by atoms with Gasteiger partial charge in [0.25, 0.3) is 0 Å². The lowest BCUT2D eigenvalue weighted by atomic mass is 10.2. The van der Waals surface area contributed by atoms with Crippen LogP contribution in [0, 0.1) is 11.3 Å². The van der Waals surface area contributed by atoms with Crippen LogP contribution in [0.4, 0.5) is 5.69 Å². The van der Waals surface area contributed by atoms with Gasteiger partial charge in [-0.1, -0.05) is 6.07 Å². The Labute approximate surface area is 122 Å². The number of nitrogens with zero attached hydrogens (tertiary/aromatic N) is 1. The Morgan fingerprint density at radius 1 is 1.24 bits per heavy atom. The number of benzene rings is 2. The highest BCUT2D eigenvalue weighted by atomic mass is 32.2. The minimum Gasteiger partial charge on any atom is -0.455 e. The van der Waals surface area contributed by atoms with Crippen LogP contribution in [0.25, 0.3) is 0 Å². The summed E-state index contributed by atoms with van der Waals surface area (Å²) >= 11 is 0. The number of ether oxygens (including phenoxy) is 1. The summed E-state index contributed by atoms with van der Waals surface area (Å²) in [6.07, 6.45) is 0. The van der Waals surface area contributed by atoms with Gasteiger partial charge in [0.15, 0.2) is 5.75 Å². The summed E-state index contributed by atoms with van der Waals surface area (Å²) in [5.41, 5.74) is 6.52. The number of rotatable bonds is 4. The lowest BCUT2D eigenvalue weighted by Gasteiger charge is -2.10. The van der Waals surface area contributed by atoms with E-state index in [1.807, 2.05) is 6.07 Å². The molecule has 6 nitrogen and oxygen atoms in total. The predicted octanol–water partition coefficient (Wildman–Crippen LogP) is 1.84. The summed E-state index contributed by atoms with van der Waals surface area (Å²) < 4.78 is 31.3. The lowest BCUT2D eigenvalue weighted by molar-refractivity contribution is 0.483. The maximum absolute atomic E-state index is 11.8. The van der Waals surface area contributed by atoms with Gasteiger partial charge in [-0.15, -0.1) is 0 Å². The van der Waals surface area contributed by atoms with E-state index in [1.54, 1.807) is 24.3 Å². The van der Waals surface area contributed by atoms with Crippen LogP contribution in [-0.2, 0) is 10.0 Å². The summed E-state index contributed by atoms with van der Waals surface area (Å²) in [5.74, 6) is 0.612. The van der Waals surface area contributed by atoms with E-state index in [2.05, 4.69) is 4.72 Å². The second kappa shape index (κ2) is 5.83. The molecule has 0 spiro atoms. The molecule has 2 aromatic carbocycles. The molecule has 2 aromatic rings. The van der Waals surface area contributed by atoms with Crippen molar-refractivity contribution in [3.63, 3.8) is 0 Å². The van der Waals surface area contributed by atoms with E-state index in [0.29, 0.717) is 17.0 Å². The largest absolute Gasteiger partial charge is 0.455 e. The molecular weight excluding hydrogens is 290 g/mol. The molecule has 0 saturated carbocycles. The van der Waals surface area contributed by atoms with Gasteiger partial charge in [0.05, 0.1) is 22.2 Å². The molecule has 7 heteroatoms. The number of nitrogens with two attached hydrogens (primary N) is 1. The molecular formula is C14H13N3O3S. The molecule has 108 valence electrons. The quantitative estimate of drug-likeness (QED) is 0.838. The van der Waals surface area contributed by atoms with Crippen molar-refractivity contribution in [2.45, 2.75) is 4.90 Å². The Morgan fingerprint density at radius 3 is 2.67 bits per heavy atom. The zero-order valence-corrected chi connectivity index (χ0v) is 12.0. The third kappa shape index (κ3) is 3.31. The number of nitriles is 1. The number of hydrogen-bond acceptors (Lipinski definition) is 5. The van der Waals surface area contributed by atoms with E-state index < -0.39 is 10.0 Å². The Hall–Kier alpha value is -2.56. The van der Waals surface area contributed by atoms with Crippen LogP contribution in [0.2, 0.25) is 0 Å². The average Bonchev–Trinajstić information content (AvgIpc) is 2.49. The molecule has 0 aromatic heterocycles. The molecule has 3 N–H and O–H groups in total. The molecule has 21 heavy (non-hydrogen) atoms. The van der Waals surface area contributed by atoms with Crippen molar-refractivity contribution in [3.05, 3.63) is 48.0 Å². The maximum Gasteiger partial charge on any atom is 0.240 e. The van der Waals surface area contributed by atoms with Gasteiger partial charge in [0.1, 0.15) is 5.75 Å². The van der Waals surface area contributed by atoms with Crippen molar-refractivity contribution in [1.29, 1.82) is 5.26 Å². The summed E-state index contributed by atoms with van der Waals surface area (Å²) in [4.78, 5) is 0.0469.